The minimum Gasteiger partial charge on any atom is -0.351 e. The number of amides is 1. The van der Waals surface area contributed by atoms with E-state index >= 15 is 0 Å². The van der Waals surface area contributed by atoms with Crippen LogP contribution in [0.5, 0.6) is 0 Å². The number of rotatable bonds is 13. The molecule has 0 aliphatic carbocycles. The van der Waals surface area contributed by atoms with Gasteiger partial charge < -0.3 is 10.2 Å². The lowest BCUT2D eigenvalue weighted by Crippen LogP contribution is -2.44. The maximum absolute atomic E-state index is 13.0. The molecule has 1 heterocycles. The van der Waals surface area contributed by atoms with Gasteiger partial charge in [-0.05, 0) is 45.8 Å². The SMILES string of the molecule is CCCCCN(CCCCC)CC(C)NC(=O)Cn1nc(C)cc1C(F)(F)F. The quantitative estimate of drug-likeness (QED) is 0.496. The fourth-order valence-electron chi connectivity index (χ4n) is 3.25. The Kier molecular flexibility index (Phi) is 10.6. The molecule has 8 heteroatoms. The van der Waals surface area contributed by atoms with Crippen LogP contribution in [-0.2, 0) is 17.5 Å². The predicted octanol–water partition coefficient (Wildman–Crippen LogP) is 4.40. The van der Waals surface area contributed by atoms with Gasteiger partial charge in [-0.15, -0.1) is 0 Å². The second-order valence-electron chi connectivity index (χ2n) is 7.51. The van der Waals surface area contributed by atoms with Crippen molar-refractivity contribution in [2.24, 2.45) is 0 Å². The van der Waals surface area contributed by atoms with Crippen LogP contribution in [-0.4, -0.2) is 46.3 Å². The van der Waals surface area contributed by atoms with E-state index in [1.807, 2.05) is 6.92 Å². The summed E-state index contributed by atoms with van der Waals surface area (Å²) in [6, 6.07) is 0.821. The minimum absolute atomic E-state index is 0.137. The van der Waals surface area contributed by atoms with Crippen LogP contribution in [0.15, 0.2) is 6.07 Å². The molecule has 1 N–H and O–H groups in total. The zero-order chi connectivity index (χ0) is 21.2. The van der Waals surface area contributed by atoms with Gasteiger partial charge in [0, 0.05) is 12.6 Å². The molecule has 1 aromatic rings. The number of nitrogens with one attached hydrogen (secondary N) is 1. The number of aryl methyl sites for hydroxylation is 1. The molecule has 1 aromatic heterocycles. The van der Waals surface area contributed by atoms with Crippen LogP contribution >= 0.6 is 0 Å². The monoisotopic (exact) mass is 404 g/mol. The number of carbonyl (C=O) groups excluding carboxylic acids is 1. The lowest BCUT2D eigenvalue weighted by Gasteiger charge is -2.26. The highest BCUT2D eigenvalue weighted by molar-refractivity contribution is 5.76. The molecule has 5 nitrogen and oxygen atoms in total. The zero-order valence-corrected chi connectivity index (χ0v) is 17.6. The van der Waals surface area contributed by atoms with Crippen molar-refractivity contribution in [2.45, 2.75) is 85.0 Å². The van der Waals surface area contributed by atoms with Gasteiger partial charge in [-0.25, -0.2) is 0 Å². The van der Waals surface area contributed by atoms with E-state index < -0.39 is 24.3 Å². The number of carbonyl (C=O) groups is 1. The Bertz CT molecular complexity index is 576. The first-order valence-electron chi connectivity index (χ1n) is 10.3. The number of nitrogens with zero attached hydrogens (tertiary/aromatic N) is 3. The summed E-state index contributed by atoms with van der Waals surface area (Å²) >= 11 is 0. The highest BCUT2D eigenvalue weighted by Crippen LogP contribution is 2.29. The van der Waals surface area contributed by atoms with E-state index in [9.17, 15) is 18.0 Å². The van der Waals surface area contributed by atoms with E-state index in [1.165, 1.54) is 19.8 Å². The predicted molar refractivity (Wildman–Crippen MR) is 105 cm³/mol. The smallest absolute Gasteiger partial charge is 0.351 e. The molecule has 0 aliphatic rings. The molecule has 0 radical (unpaired) electrons. The van der Waals surface area contributed by atoms with Crippen molar-refractivity contribution in [3.05, 3.63) is 17.5 Å². The number of aromatic nitrogens is 2. The van der Waals surface area contributed by atoms with Crippen molar-refractivity contribution in [3.63, 3.8) is 0 Å². The standard InChI is InChI=1S/C20H35F3N4O/c1-5-7-9-11-26(12-10-8-6-2)14-17(4)24-19(28)15-27-18(20(21,22)23)13-16(3)25-27/h13,17H,5-12,14-15H2,1-4H3,(H,24,28). The summed E-state index contributed by atoms with van der Waals surface area (Å²) in [5, 5.41) is 6.63. The lowest BCUT2D eigenvalue weighted by atomic mass is 10.2. The van der Waals surface area contributed by atoms with Crippen LogP contribution in [0.3, 0.4) is 0 Å². The van der Waals surface area contributed by atoms with E-state index in [0.29, 0.717) is 6.54 Å². The summed E-state index contributed by atoms with van der Waals surface area (Å²) in [4.78, 5) is 14.6. The Balaban J connectivity index is 2.59. The molecule has 0 aliphatic heterocycles. The number of halogens is 3. The van der Waals surface area contributed by atoms with Gasteiger partial charge >= 0.3 is 6.18 Å². The topological polar surface area (TPSA) is 50.2 Å². The number of hydrogen-bond donors (Lipinski definition) is 1. The number of unbranched alkanes of at least 4 members (excludes halogenated alkanes) is 4. The molecule has 1 unspecified atom stereocenters. The van der Waals surface area contributed by atoms with Gasteiger partial charge in [0.25, 0.3) is 0 Å². The van der Waals surface area contributed by atoms with E-state index in [1.54, 1.807) is 0 Å². The van der Waals surface area contributed by atoms with Crippen LogP contribution in [0.4, 0.5) is 13.2 Å². The summed E-state index contributed by atoms with van der Waals surface area (Å²) in [5.74, 6) is -0.455. The van der Waals surface area contributed by atoms with Crippen molar-refractivity contribution in [1.82, 2.24) is 20.0 Å². The molecular weight excluding hydrogens is 369 g/mol. The summed E-state index contributed by atoms with van der Waals surface area (Å²) in [5.41, 5.74) is -0.653. The maximum Gasteiger partial charge on any atom is 0.433 e. The maximum atomic E-state index is 13.0. The van der Waals surface area contributed by atoms with E-state index in [4.69, 9.17) is 0 Å². The second kappa shape index (κ2) is 12.1. The van der Waals surface area contributed by atoms with Crippen LogP contribution in [0.25, 0.3) is 0 Å². The van der Waals surface area contributed by atoms with E-state index in [2.05, 4.69) is 29.2 Å². The van der Waals surface area contributed by atoms with Gasteiger partial charge in [-0.2, -0.15) is 18.3 Å². The average molecular weight is 405 g/mol. The molecule has 1 atom stereocenters. The van der Waals surface area contributed by atoms with Gasteiger partial charge in [-0.3, -0.25) is 9.48 Å². The normalized spacial score (nSPS) is 13.1. The molecule has 1 rings (SSSR count). The Morgan fingerprint density at radius 1 is 1.18 bits per heavy atom. The van der Waals surface area contributed by atoms with Crippen molar-refractivity contribution in [3.8, 4) is 0 Å². The molecule has 0 bridgehead atoms. The molecule has 1 amide bonds. The van der Waals surface area contributed by atoms with Gasteiger partial charge in [0.15, 0.2) is 0 Å². The first kappa shape index (κ1) is 24.5. The highest BCUT2D eigenvalue weighted by atomic mass is 19.4. The zero-order valence-electron chi connectivity index (χ0n) is 17.6. The van der Waals surface area contributed by atoms with E-state index in [0.717, 1.165) is 49.5 Å². The Morgan fingerprint density at radius 2 is 1.75 bits per heavy atom. The first-order chi connectivity index (χ1) is 13.2. The average Bonchev–Trinajstić information content (AvgIpc) is 2.95. The third kappa shape index (κ3) is 9.08. The summed E-state index contributed by atoms with van der Waals surface area (Å²) in [6.45, 7) is 9.93. The second-order valence-corrected chi connectivity index (χ2v) is 7.51. The molecule has 0 spiro atoms. The van der Waals surface area contributed by atoms with Gasteiger partial charge in [0.05, 0.1) is 5.69 Å². The summed E-state index contributed by atoms with van der Waals surface area (Å²) in [6.07, 6.45) is 2.35. The molecule has 0 fully saturated rings. The third-order valence-electron chi connectivity index (χ3n) is 4.58. The molecule has 28 heavy (non-hydrogen) atoms. The summed E-state index contributed by atoms with van der Waals surface area (Å²) < 4.78 is 39.9. The minimum atomic E-state index is -4.53. The summed E-state index contributed by atoms with van der Waals surface area (Å²) in [7, 11) is 0. The Hall–Kier alpha value is -1.57. The lowest BCUT2D eigenvalue weighted by molar-refractivity contribution is -0.144. The number of alkyl halides is 3. The molecular formula is C20H35F3N4O. The molecule has 0 saturated carbocycles. The third-order valence-corrected chi connectivity index (χ3v) is 4.58. The Morgan fingerprint density at radius 3 is 2.25 bits per heavy atom. The van der Waals surface area contributed by atoms with Crippen molar-refractivity contribution >= 4 is 5.91 Å². The fraction of sp³-hybridized carbons (Fsp3) is 0.800. The van der Waals surface area contributed by atoms with Crippen molar-refractivity contribution in [1.29, 1.82) is 0 Å². The van der Waals surface area contributed by atoms with Gasteiger partial charge in [0.2, 0.25) is 5.91 Å². The van der Waals surface area contributed by atoms with Gasteiger partial charge in [0.1, 0.15) is 12.2 Å². The van der Waals surface area contributed by atoms with Crippen molar-refractivity contribution in [2.75, 3.05) is 19.6 Å². The van der Waals surface area contributed by atoms with E-state index in [-0.39, 0.29) is 11.7 Å². The molecule has 0 aromatic carbocycles. The highest BCUT2D eigenvalue weighted by Gasteiger charge is 2.35. The fourth-order valence-corrected chi connectivity index (χ4v) is 3.25. The van der Waals surface area contributed by atoms with Crippen LogP contribution in [0.2, 0.25) is 0 Å². The van der Waals surface area contributed by atoms with Gasteiger partial charge in [-0.1, -0.05) is 39.5 Å². The molecule has 162 valence electrons. The Labute approximate surface area is 166 Å². The van der Waals surface area contributed by atoms with Crippen LogP contribution in [0.1, 0.15) is 70.7 Å². The van der Waals surface area contributed by atoms with Crippen LogP contribution < -0.4 is 5.32 Å². The molecule has 0 saturated heterocycles. The van der Waals surface area contributed by atoms with Crippen molar-refractivity contribution < 1.29 is 18.0 Å². The van der Waals surface area contributed by atoms with Crippen LogP contribution in [0, 0.1) is 6.92 Å². The first-order valence-corrected chi connectivity index (χ1v) is 10.3. The largest absolute Gasteiger partial charge is 0.433 e. The number of hydrogen-bond acceptors (Lipinski definition) is 3.